The normalized spacial score (nSPS) is 21.7. The second-order valence-electron chi connectivity index (χ2n) is 6.38. The van der Waals surface area contributed by atoms with Crippen LogP contribution in [0.4, 0.5) is 0 Å². The molecule has 0 saturated heterocycles. The average Bonchev–Trinajstić information content (AvgIpc) is 3.09. The van der Waals surface area contributed by atoms with Gasteiger partial charge in [0.1, 0.15) is 0 Å². The zero-order chi connectivity index (χ0) is 18.1. The highest BCUT2D eigenvalue weighted by atomic mass is 127. The van der Waals surface area contributed by atoms with E-state index in [0.717, 1.165) is 68.3 Å². The first-order chi connectivity index (χ1) is 12.2. The number of nitrogens with one attached hydrogen (secondary N) is 2. The van der Waals surface area contributed by atoms with E-state index in [0.29, 0.717) is 11.3 Å². The Balaban J connectivity index is 0.00000338. The van der Waals surface area contributed by atoms with Crippen LogP contribution >= 0.6 is 35.3 Å². The first-order valence-electron chi connectivity index (χ1n) is 9.51. The average molecular weight is 513 g/mol. The summed E-state index contributed by atoms with van der Waals surface area (Å²) < 4.78 is 12.1. The number of rotatable bonds is 8. The van der Waals surface area contributed by atoms with Crippen molar-refractivity contribution in [3.8, 4) is 0 Å². The van der Waals surface area contributed by atoms with E-state index in [9.17, 15) is 4.21 Å². The molecule has 1 fully saturated rings. The largest absolute Gasteiger partial charge is 0.357 e. The van der Waals surface area contributed by atoms with Crippen molar-refractivity contribution >= 4 is 52.1 Å². The molecule has 8 heteroatoms. The van der Waals surface area contributed by atoms with E-state index in [4.69, 9.17) is 4.99 Å². The molecule has 26 heavy (non-hydrogen) atoms. The van der Waals surface area contributed by atoms with Gasteiger partial charge in [-0.1, -0.05) is 20.3 Å². The van der Waals surface area contributed by atoms with Crippen LogP contribution < -0.4 is 10.6 Å². The maximum absolute atomic E-state index is 12.1. The minimum absolute atomic E-state index is 0. The van der Waals surface area contributed by atoms with Crippen LogP contribution in [0.1, 0.15) is 56.3 Å². The van der Waals surface area contributed by atoms with Gasteiger partial charge >= 0.3 is 0 Å². The van der Waals surface area contributed by atoms with E-state index in [1.807, 2.05) is 13.1 Å². The number of nitrogens with zero attached hydrogens (tertiary/aromatic N) is 2. The van der Waals surface area contributed by atoms with Gasteiger partial charge in [0.2, 0.25) is 0 Å². The summed E-state index contributed by atoms with van der Waals surface area (Å²) in [4.78, 5) is 10.5. The van der Waals surface area contributed by atoms with Crippen molar-refractivity contribution in [2.45, 2.75) is 70.6 Å². The van der Waals surface area contributed by atoms with Gasteiger partial charge in [-0.3, -0.25) is 9.20 Å². The molecule has 2 rings (SSSR count). The molecule has 0 bridgehead atoms. The molecule has 0 radical (unpaired) electrons. The van der Waals surface area contributed by atoms with Crippen LogP contribution in [0.15, 0.2) is 11.2 Å². The Morgan fingerprint density at radius 2 is 2.19 bits per heavy atom. The number of aromatic nitrogens is 1. The Hall–Kier alpha value is -0.220. The van der Waals surface area contributed by atoms with Crippen LogP contribution in [0, 0.1) is 0 Å². The molecule has 150 valence electrons. The highest BCUT2D eigenvalue weighted by molar-refractivity contribution is 14.0. The Kier molecular flexibility index (Phi) is 11.9. The van der Waals surface area contributed by atoms with Gasteiger partial charge in [-0.05, 0) is 32.6 Å². The van der Waals surface area contributed by atoms with Crippen molar-refractivity contribution < 1.29 is 4.21 Å². The predicted molar refractivity (Wildman–Crippen MR) is 124 cm³/mol. The van der Waals surface area contributed by atoms with E-state index in [-0.39, 0.29) is 24.0 Å². The van der Waals surface area contributed by atoms with Crippen molar-refractivity contribution in [1.82, 2.24) is 15.6 Å². The van der Waals surface area contributed by atoms with Crippen LogP contribution in [0.5, 0.6) is 0 Å². The third kappa shape index (κ3) is 7.80. The molecule has 1 aliphatic carbocycles. The molecule has 3 atom stereocenters. The monoisotopic (exact) mass is 512 g/mol. The Morgan fingerprint density at radius 3 is 2.85 bits per heavy atom. The number of hydrogen-bond acceptors (Lipinski definition) is 4. The lowest BCUT2D eigenvalue weighted by atomic mass is 9.95. The maximum atomic E-state index is 12.1. The smallest absolute Gasteiger partial charge is 0.191 e. The Labute approximate surface area is 181 Å². The highest BCUT2D eigenvalue weighted by Gasteiger charge is 2.25. The molecule has 1 aliphatic rings. The highest BCUT2D eigenvalue weighted by Crippen LogP contribution is 2.23. The van der Waals surface area contributed by atoms with Gasteiger partial charge in [0.15, 0.2) is 5.96 Å². The van der Waals surface area contributed by atoms with Crippen LogP contribution in [0.25, 0.3) is 0 Å². The van der Waals surface area contributed by atoms with Crippen molar-refractivity contribution in [3.63, 3.8) is 0 Å². The standard InChI is InChI=1S/C18H32N4OS2.HI/c1-4-15-13-21-17(24-15)10-11-20-18(19-5-2)22-14-8-7-9-16(12-14)25(23)6-3;/h13-14,16H,4-12H2,1-3H3,(H2,19,20,22);1H. The van der Waals surface area contributed by atoms with Crippen molar-refractivity contribution in [3.05, 3.63) is 16.1 Å². The zero-order valence-electron chi connectivity index (χ0n) is 16.1. The third-order valence-corrected chi connectivity index (χ3v) is 7.46. The molecule has 1 heterocycles. The SMILES string of the molecule is CCNC(=NCCc1ncc(CC)s1)NC1CCCC(S(=O)CC)C1.I. The molecular formula is C18H33IN4OS2. The molecule has 0 amide bonds. The second-order valence-corrected chi connectivity index (χ2v) is 9.59. The van der Waals surface area contributed by atoms with Gasteiger partial charge in [0, 0.05) is 58.4 Å². The van der Waals surface area contributed by atoms with Gasteiger partial charge in [0.25, 0.3) is 0 Å². The summed E-state index contributed by atoms with van der Waals surface area (Å²) in [5, 5.41) is 8.39. The van der Waals surface area contributed by atoms with Gasteiger partial charge in [-0.15, -0.1) is 35.3 Å². The van der Waals surface area contributed by atoms with Crippen molar-refractivity contribution in [2.24, 2.45) is 4.99 Å². The first-order valence-corrected chi connectivity index (χ1v) is 11.7. The first kappa shape index (κ1) is 23.8. The summed E-state index contributed by atoms with van der Waals surface area (Å²) in [7, 11) is -0.689. The molecule has 0 spiro atoms. The third-order valence-electron chi connectivity index (χ3n) is 4.51. The predicted octanol–water partition coefficient (Wildman–Crippen LogP) is 3.50. The van der Waals surface area contributed by atoms with Crippen molar-refractivity contribution in [2.75, 3.05) is 18.8 Å². The number of thiazole rings is 1. The second kappa shape index (κ2) is 13.0. The Morgan fingerprint density at radius 1 is 1.38 bits per heavy atom. The fourth-order valence-electron chi connectivity index (χ4n) is 3.15. The number of hydrogen-bond donors (Lipinski definition) is 2. The van der Waals surface area contributed by atoms with Crippen LogP contribution in [-0.2, 0) is 23.6 Å². The lowest BCUT2D eigenvalue weighted by Gasteiger charge is -2.30. The summed E-state index contributed by atoms with van der Waals surface area (Å²) in [6.45, 7) is 7.84. The minimum atomic E-state index is -0.689. The zero-order valence-corrected chi connectivity index (χ0v) is 20.1. The molecule has 1 saturated carbocycles. The van der Waals surface area contributed by atoms with Crippen LogP contribution in [-0.4, -0.2) is 45.3 Å². The van der Waals surface area contributed by atoms with E-state index in [1.165, 1.54) is 4.88 Å². The summed E-state index contributed by atoms with van der Waals surface area (Å²) in [6, 6.07) is 0.374. The van der Waals surface area contributed by atoms with Crippen LogP contribution in [0.3, 0.4) is 0 Å². The Bertz CT molecular complexity index is 579. The van der Waals surface area contributed by atoms with Gasteiger partial charge in [0.05, 0.1) is 5.01 Å². The fraction of sp³-hybridized carbons (Fsp3) is 0.778. The van der Waals surface area contributed by atoms with E-state index >= 15 is 0 Å². The molecule has 1 aromatic rings. The number of guanidine groups is 1. The summed E-state index contributed by atoms with van der Waals surface area (Å²) in [5.41, 5.74) is 0. The lowest BCUT2D eigenvalue weighted by Crippen LogP contribution is -2.46. The van der Waals surface area contributed by atoms with Gasteiger partial charge in [-0.25, -0.2) is 4.98 Å². The molecular weight excluding hydrogens is 479 g/mol. The molecule has 0 aliphatic heterocycles. The van der Waals surface area contributed by atoms with E-state index in [1.54, 1.807) is 11.3 Å². The number of halogens is 1. The lowest BCUT2D eigenvalue weighted by molar-refractivity contribution is 0.413. The molecule has 3 unspecified atom stereocenters. The van der Waals surface area contributed by atoms with E-state index in [2.05, 4.69) is 29.5 Å². The maximum Gasteiger partial charge on any atom is 0.191 e. The minimum Gasteiger partial charge on any atom is -0.357 e. The molecule has 1 aromatic heterocycles. The van der Waals surface area contributed by atoms with Crippen LogP contribution in [0.2, 0.25) is 0 Å². The summed E-state index contributed by atoms with van der Waals surface area (Å²) in [6.07, 6.45) is 8.26. The molecule has 0 aromatic carbocycles. The quantitative estimate of drug-likeness (QED) is 0.318. The van der Waals surface area contributed by atoms with E-state index < -0.39 is 10.8 Å². The molecule has 2 N–H and O–H groups in total. The number of aliphatic imine (C=N–C) groups is 1. The fourth-order valence-corrected chi connectivity index (χ4v) is 5.35. The summed E-state index contributed by atoms with van der Waals surface area (Å²) >= 11 is 1.78. The summed E-state index contributed by atoms with van der Waals surface area (Å²) in [5.74, 6) is 1.64. The molecule has 5 nitrogen and oxygen atoms in total. The van der Waals surface area contributed by atoms with Crippen molar-refractivity contribution in [1.29, 1.82) is 0 Å². The van der Waals surface area contributed by atoms with Gasteiger partial charge in [-0.2, -0.15) is 0 Å². The topological polar surface area (TPSA) is 66.4 Å². The van der Waals surface area contributed by atoms with Gasteiger partial charge < -0.3 is 10.6 Å². The number of aryl methyl sites for hydroxylation is 1.